The zero-order chi connectivity index (χ0) is 24.8. The van der Waals surface area contributed by atoms with Gasteiger partial charge in [0, 0.05) is 28.9 Å². The van der Waals surface area contributed by atoms with E-state index in [1.54, 1.807) is 0 Å². The van der Waals surface area contributed by atoms with Gasteiger partial charge in [-0.3, -0.25) is 14.6 Å². The van der Waals surface area contributed by atoms with E-state index in [9.17, 15) is 40.3 Å². The summed E-state index contributed by atoms with van der Waals surface area (Å²) in [4.78, 5) is 30.0. The third-order valence-electron chi connectivity index (χ3n) is 4.67. The Morgan fingerprint density at radius 2 is 1.74 bits per heavy atom. The van der Waals surface area contributed by atoms with E-state index in [4.69, 9.17) is 0 Å². The van der Waals surface area contributed by atoms with Crippen LogP contribution in [-0.4, -0.2) is 25.7 Å². The standard InChI is InChI=1S/C20H10F7N5O2/c21-16-14(18(34)30-9-4-6-28-13(8-9)19(22,23)24)15(20(25,26)27)32(31-16)12-3-1-2-11-10(12)5-7-29-17(11)33/h1-8H,(H,29,33)(H,28,30,34). The smallest absolute Gasteiger partial charge is 0.329 e. The lowest BCUT2D eigenvalue weighted by Crippen LogP contribution is -2.21. The maximum atomic E-state index is 14.6. The summed E-state index contributed by atoms with van der Waals surface area (Å²) >= 11 is 0. The van der Waals surface area contributed by atoms with Crippen molar-refractivity contribution in [2.24, 2.45) is 0 Å². The average Bonchev–Trinajstić information content (AvgIpc) is 3.11. The molecule has 0 aliphatic heterocycles. The number of fused-ring (bicyclic) bond motifs is 1. The number of halogens is 7. The highest BCUT2D eigenvalue weighted by Gasteiger charge is 2.43. The summed E-state index contributed by atoms with van der Waals surface area (Å²) in [6.45, 7) is 0. The van der Waals surface area contributed by atoms with E-state index in [0.717, 1.165) is 18.3 Å². The van der Waals surface area contributed by atoms with Crippen LogP contribution < -0.4 is 10.9 Å². The van der Waals surface area contributed by atoms with Crippen molar-refractivity contribution in [3.05, 3.63) is 82.0 Å². The lowest BCUT2D eigenvalue weighted by atomic mass is 10.1. The number of hydrogen-bond acceptors (Lipinski definition) is 4. The van der Waals surface area contributed by atoms with Gasteiger partial charge in [-0.1, -0.05) is 6.07 Å². The molecule has 3 heterocycles. The number of alkyl halides is 6. The van der Waals surface area contributed by atoms with E-state index < -0.39 is 52.4 Å². The molecule has 0 atom stereocenters. The number of nitrogens with one attached hydrogen (secondary N) is 2. The molecule has 0 spiro atoms. The van der Waals surface area contributed by atoms with Crippen molar-refractivity contribution < 1.29 is 35.5 Å². The third-order valence-corrected chi connectivity index (χ3v) is 4.67. The lowest BCUT2D eigenvalue weighted by molar-refractivity contribution is -0.143. The molecule has 2 N–H and O–H groups in total. The van der Waals surface area contributed by atoms with Crippen LogP contribution in [0.3, 0.4) is 0 Å². The predicted octanol–water partition coefficient (Wildman–Crippen LogP) is 4.54. The summed E-state index contributed by atoms with van der Waals surface area (Å²) in [6.07, 6.45) is -8.37. The maximum absolute atomic E-state index is 14.6. The summed E-state index contributed by atoms with van der Waals surface area (Å²) in [5, 5.41) is 4.98. The molecule has 34 heavy (non-hydrogen) atoms. The number of aromatic amines is 1. The van der Waals surface area contributed by atoms with Gasteiger partial charge < -0.3 is 10.3 Å². The molecule has 4 aromatic rings. The quantitative estimate of drug-likeness (QED) is 0.417. The summed E-state index contributed by atoms with van der Waals surface area (Å²) in [6, 6.07) is 6.22. The molecule has 0 aliphatic rings. The van der Waals surface area contributed by atoms with Crippen LogP contribution in [0.25, 0.3) is 16.5 Å². The second kappa shape index (κ2) is 7.97. The Morgan fingerprint density at radius 1 is 1.00 bits per heavy atom. The number of carbonyl (C=O) groups is 1. The molecule has 1 aromatic carbocycles. The van der Waals surface area contributed by atoms with E-state index in [2.05, 4.69) is 15.1 Å². The molecule has 0 saturated heterocycles. The first-order valence-corrected chi connectivity index (χ1v) is 9.19. The third kappa shape index (κ3) is 4.09. The Labute approximate surface area is 183 Å². The zero-order valence-corrected chi connectivity index (χ0v) is 16.4. The summed E-state index contributed by atoms with van der Waals surface area (Å²) in [5.41, 5.74) is -6.32. The molecule has 7 nitrogen and oxygen atoms in total. The van der Waals surface area contributed by atoms with Crippen LogP contribution in [0.1, 0.15) is 21.7 Å². The van der Waals surface area contributed by atoms with Crippen molar-refractivity contribution in [3.8, 4) is 5.69 Å². The molecule has 14 heteroatoms. The number of carbonyl (C=O) groups excluding carboxylic acids is 1. The van der Waals surface area contributed by atoms with Gasteiger partial charge in [0.1, 0.15) is 11.3 Å². The minimum Gasteiger partial charge on any atom is -0.329 e. The zero-order valence-electron chi connectivity index (χ0n) is 16.4. The molecule has 0 radical (unpaired) electrons. The van der Waals surface area contributed by atoms with E-state index in [1.165, 1.54) is 18.2 Å². The van der Waals surface area contributed by atoms with Crippen LogP contribution in [0.2, 0.25) is 0 Å². The summed E-state index contributed by atoms with van der Waals surface area (Å²) < 4.78 is 95.2. The number of hydrogen-bond donors (Lipinski definition) is 2. The van der Waals surface area contributed by atoms with Crippen LogP contribution in [0.5, 0.6) is 0 Å². The molecule has 3 aromatic heterocycles. The molecule has 0 bridgehead atoms. The Hall–Kier alpha value is -4.23. The van der Waals surface area contributed by atoms with Crippen molar-refractivity contribution in [1.82, 2.24) is 19.7 Å². The SMILES string of the molecule is O=C(Nc1ccnc(C(F)(F)F)c1)c1c(F)nn(-c2cccc3c(=O)[nH]ccc23)c1C(F)(F)F. The topological polar surface area (TPSA) is 92.7 Å². The highest BCUT2D eigenvalue weighted by Crippen LogP contribution is 2.36. The van der Waals surface area contributed by atoms with Crippen molar-refractivity contribution in [1.29, 1.82) is 0 Å². The highest BCUT2D eigenvalue weighted by molar-refractivity contribution is 6.05. The van der Waals surface area contributed by atoms with Crippen LogP contribution in [0, 0.1) is 5.95 Å². The van der Waals surface area contributed by atoms with Crippen LogP contribution in [0.15, 0.2) is 53.6 Å². The summed E-state index contributed by atoms with van der Waals surface area (Å²) in [7, 11) is 0. The van der Waals surface area contributed by atoms with Gasteiger partial charge in [-0.05, 0) is 30.3 Å². The summed E-state index contributed by atoms with van der Waals surface area (Å²) in [5.74, 6) is -3.51. The van der Waals surface area contributed by atoms with Crippen LogP contribution in [-0.2, 0) is 12.4 Å². The monoisotopic (exact) mass is 485 g/mol. The molecule has 4 rings (SSSR count). The lowest BCUT2D eigenvalue weighted by Gasteiger charge is -2.14. The first kappa shape index (κ1) is 22.9. The van der Waals surface area contributed by atoms with Crippen molar-refractivity contribution in [2.45, 2.75) is 12.4 Å². The first-order valence-electron chi connectivity index (χ1n) is 9.19. The number of rotatable bonds is 3. The highest BCUT2D eigenvalue weighted by atomic mass is 19.4. The Kier molecular flexibility index (Phi) is 5.38. The van der Waals surface area contributed by atoms with Crippen LogP contribution >= 0.6 is 0 Å². The second-order valence-electron chi connectivity index (χ2n) is 6.85. The Balaban J connectivity index is 1.86. The molecular formula is C20H10F7N5O2. The minimum atomic E-state index is -5.32. The first-order chi connectivity index (χ1) is 15.9. The molecule has 0 aliphatic carbocycles. The van der Waals surface area contributed by atoms with E-state index in [-0.39, 0.29) is 21.1 Å². The van der Waals surface area contributed by atoms with Gasteiger partial charge >= 0.3 is 12.4 Å². The van der Waals surface area contributed by atoms with Gasteiger partial charge in [-0.25, -0.2) is 4.68 Å². The van der Waals surface area contributed by atoms with Crippen molar-refractivity contribution in [3.63, 3.8) is 0 Å². The van der Waals surface area contributed by atoms with Crippen molar-refractivity contribution in [2.75, 3.05) is 5.32 Å². The Bertz CT molecular complexity index is 1470. The second-order valence-corrected chi connectivity index (χ2v) is 6.85. The number of anilines is 1. The van der Waals surface area contributed by atoms with Crippen molar-refractivity contribution >= 4 is 22.4 Å². The average molecular weight is 485 g/mol. The fourth-order valence-electron chi connectivity index (χ4n) is 3.27. The van der Waals surface area contributed by atoms with Gasteiger partial charge in [0.25, 0.3) is 11.5 Å². The Morgan fingerprint density at radius 3 is 2.41 bits per heavy atom. The van der Waals surface area contributed by atoms with Gasteiger partial charge in [0.05, 0.1) is 5.69 Å². The number of amides is 1. The van der Waals surface area contributed by atoms with Gasteiger partial charge in [-0.2, -0.15) is 30.7 Å². The van der Waals surface area contributed by atoms with Gasteiger partial charge in [0.2, 0.25) is 5.95 Å². The van der Waals surface area contributed by atoms with E-state index >= 15 is 0 Å². The molecule has 0 fully saturated rings. The number of benzene rings is 1. The predicted molar refractivity (Wildman–Crippen MR) is 104 cm³/mol. The molecule has 0 saturated carbocycles. The fraction of sp³-hybridized carbons (Fsp3) is 0.100. The number of H-pyrrole nitrogens is 1. The van der Waals surface area contributed by atoms with Crippen LogP contribution in [0.4, 0.5) is 36.4 Å². The fourth-order valence-corrected chi connectivity index (χ4v) is 3.27. The van der Waals surface area contributed by atoms with Gasteiger partial charge in [0.15, 0.2) is 5.69 Å². The molecule has 1 amide bonds. The molecule has 0 unspecified atom stereocenters. The number of nitrogens with zero attached hydrogens (tertiary/aromatic N) is 3. The maximum Gasteiger partial charge on any atom is 0.434 e. The van der Waals surface area contributed by atoms with Gasteiger partial charge in [-0.15, -0.1) is 5.10 Å². The normalized spacial score (nSPS) is 12.2. The molecule has 176 valence electrons. The number of pyridine rings is 2. The molecular weight excluding hydrogens is 475 g/mol. The van der Waals surface area contributed by atoms with E-state index in [0.29, 0.717) is 12.3 Å². The largest absolute Gasteiger partial charge is 0.434 e. The number of aromatic nitrogens is 4. The van der Waals surface area contributed by atoms with E-state index in [1.807, 2.05) is 5.32 Å². The minimum absolute atomic E-state index is 0.0184.